The lowest BCUT2D eigenvalue weighted by Crippen LogP contribution is -2.62. The van der Waals surface area contributed by atoms with Crippen LogP contribution in [0, 0.1) is 0 Å². The monoisotopic (exact) mass is 450 g/mol. The van der Waals surface area contributed by atoms with E-state index in [1.165, 1.54) is 0 Å². The van der Waals surface area contributed by atoms with Crippen LogP contribution in [-0.2, 0) is 15.5 Å². The zero-order valence-electron chi connectivity index (χ0n) is 18.2. The van der Waals surface area contributed by atoms with E-state index >= 15 is 0 Å². The van der Waals surface area contributed by atoms with E-state index < -0.39 is 21.3 Å². The summed E-state index contributed by atoms with van der Waals surface area (Å²) in [5, 5.41) is 2.16. The highest BCUT2D eigenvalue weighted by Crippen LogP contribution is 2.54. The predicted octanol–water partition coefficient (Wildman–Crippen LogP) is 5.10. The Morgan fingerprint density at radius 3 is 2.56 bits per heavy atom. The van der Waals surface area contributed by atoms with Gasteiger partial charge < -0.3 is 9.64 Å². The average molecular weight is 451 g/mol. The van der Waals surface area contributed by atoms with Crippen molar-refractivity contribution in [1.29, 1.82) is 0 Å². The minimum absolute atomic E-state index is 0.247. The number of hydrogen-bond donors (Lipinski definition) is 1. The van der Waals surface area contributed by atoms with E-state index in [-0.39, 0.29) is 5.75 Å². The number of hydrogen-bond acceptors (Lipinski definition) is 5. The number of benzene rings is 3. The van der Waals surface area contributed by atoms with Crippen molar-refractivity contribution < 1.29 is 17.7 Å². The van der Waals surface area contributed by atoms with Gasteiger partial charge in [0.2, 0.25) is 5.72 Å². The summed E-state index contributed by atoms with van der Waals surface area (Å²) in [6.45, 7) is 4.88. The van der Waals surface area contributed by atoms with E-state index in [1.54, 1.807) is 0 Å². The number of unbranched alkanes of at least 4 members (excludes halogenated alkanes) is 1. The molecule has 3 aromatic rings. The molecule has 2 aliphatic heterocycles. The third kappa shape index (κ3) is 3.19. The van der Waals surface area contributed by atoms with Crippen LogP contribution in [0.25, 0.3) is 10.8 Å². The van der Waals surface area contributed by atoms with Gasteiger partial charge in [0.25, 0.3) is 10.1 Å². The molecule has 32 heavy (non-hydrogen) atoms. The van der Waals surface area contributed by atoms with Crippen molar-refractivity contribution in [2.75, 3.05) is 17.2 Å². The van der Waals surface area contributed by atoms with Gasteiger partial charge >= 0.3 is 0 Å². The molecular formula is C25H26N2O4S. The number of para-hydroxylation sites is 1. The highest BCUT2D eigenvalue weighted by molar-refractivity contribution is 7.85. The molecule has 1 unspecified atom stereocenters. The molecule has 2 heterocycles. The highest BCUT2D eigenvalue weighted by Gasteiger charge is 2.59. The van der Waals surface area contributed by atoms with E-state index in [0.717, 1.165) is 33.5 Å². The normalized spacial score (nSPS) is 20.9. The SMILES string of the molecule is CC1(C)c2ccccc2N(CCCCS(=O)(=O)O)C12C=Nc1c(ccc3ccccc13)O2. The molecule has 0 aliphatic carbocycles. The Labute approximate surface area is 188 Å². The number of fused-ring (bicyclic) bond motifs is 4. The minimum atomic E-state index is -3.97. The summed E-state index contributed by atoms with van der Waals surface area (Å²) < 4.78 is 38.2. The number of ether oxygens (including phenoxy) is 1. The van der Waals surface area contributed by atoms with Crippen LogP contribution in [0.4, 0.5) is 11.4 Å². The third-order valence-corrected chi connectivity index (χ3v) is 7.50. The van der Waals surface area contributed by atoms with Crippen LogP contribution in [0.1, 0.15) is 32.3 Å². The summed E-state index contributed by atoms with van der Waals surface area (Å²) in [5.41, 5.74) is 1.79. The van der Waals surface area contributed by atoms with E-state index in [9.17, 15) is 8.42 Å². The molecule has 3 aromatic carbocycles. The van der Waals surface area contributed by atoms with Gasteiger partial charge in [-0.3, -0.25) is 9.55 Å². The van der Waals surface area contributed by atoms with Gasteiger partial charge in [-0.1, -0.05) is 48.5 Å². The van der Waals surface area contributed by atoms with Crippen molar-refractivity contribution in [3.63, 3.8) is 0 Å². The van der Waals surface area contributed by atoms with E-state index in [2.05, 4.69) is 43.0 Å². The zero-order valence-corrected chi connectivity index (χ0v) is 19.0. The average Bonchev–Trinajstić information content (AvgIpc) is 2.94. The van der Waals surface area contributed by atoms with Crippen molar-refractivity contribution in [2.45, 2.75) is 37.8 Å². The molecule has 0 bridgehead atoms. The second kappa shape index (κ2) is 7.32. The molecule has 0 fully saturated rings. The first kappa shape index (κ1) is 21.0. The molecule has 2 aliphatic rings. The summed E-state index contributed by atoms with van der Waals surface area (Å²) in [4.78, 5) is 7.11. The predicted molar refractivity (Wildman–Crippen MR) is 128 cm³/mol. The van der Waals surface area contributed by atoms with Gasteiger partial charge in [-0.25, -0.2) is 0 Å². The Balaban J connectivity index is 1.56. The fourth-order valence-corrected chi connectivity index (χ4v) is 5.57. The lowest BCUT2D eigenvalue weighted by atomic mass is 9.77. The van der Waals surface area contributed by atoms with E-state index in [4.69, 9.17) is 14.3 Å². The number of aliphatic imine (C=N–C) groups is 1. The lowest BCUT2D eigenvalue weighted by Gasteiger charge is -2.46. The number of anilines is 1. The van der Waals surface area contributed by atoms with Crippen molar-refractivity contribution >= 4 is 38.5 Å². The van der Waals surface area contributed by atoms with Crippen molar-refractivity contribution in [3.8, 4) is 5.75 Å². The molecule has 6 nitrogen and oxygen atoms in total. The van der Waals surface area contributed by atoms with E-state index in [1.807, 2.05) is 42.6 Å². The molecular weight excluding hydrogens is 424 g/mol. The molecule has 1 spiro atoms. The van der Waals surface area contributed by atoms with Crippen molar-refractivity contribution in [1.82, 2.24) is 0 Å². The Morgan fingerprint density at radius 1 is 1.00 bits per heavy atom. The number of rotatable bonds is 5. The second-order valence-electron chi connectivity index (χ2n) is 8.98. The number of nitrogens with zero attached hydrogens (tertiary/aromatic N) is 2. The van der Waals surface area contributed by atoms with Crippen LogP contribution in [0.5, 0.6) is 5.75 Å². The molecule has 0 saturated heterocycles. The van der Waals surface area contributed by atoms with Crippen LogP contribution in [0.15, 0.2) is 65.7 Å². The van der Waals surface area contributed by atoms with Gasteiger partial charge in [0.05, 0.1) is 17.4 Å². The third-order valence-electron chi connectivity index (χ3n) is 6.70. The van der Waals surface area contributed by atoms with Crippen LogP contribution in [0.2, 0.25) is 0 Å². The summed E-state index contributed by atoms with van der Waals surface area (Å²) in [6.07, 6.45) is 2.87. The maximum atomic E-state index is 11.2. The Kier molecular flexibility index (Phi) is 4.80. The molecule has 0 amide bonds. The van der Waals surface area contributed by atoms with Gasteiger partial charge in [0.15, 0.2) is 0 Å². The fraction of sp³-hybridized carbons (Fsp3) is 0.320. The first-order valence-electron chi connectivity index (χ1n) is 10.8. The van der Waals surface area contributed by atoms with Crippen molar-refractivity contribution in [2.24, 2.45) is 4.99 Å². The molecule has 1 N–H and O–H groups in total. The molecule has 7 heteroatoms. The highest BCUT2D eigenvalue weighted by atomic mass is 32.2. The lowest BCUT2D eigenvalue weighted by molar-refractivity contribution is 0.0775. The molecule has 166 valence electrons. The fourth-order valence-electron chi connectivity index (χ4n) is 5.00. The summed E-state index contributed by atoms with van der Waals surface area (Å²) in [5.74, 6) is 0.484. The molecule has 0 aromatic heterocycles. The van der Waals surface area contributed by atoms with Crippen LogP contribution < -0.4 is 9.64 Å². The molecule has 1 atom stereocenters. The van der Waals surface area contributed by atoms with Crippen LogP contribution in [0.3, 0.4) is 0 Å². The van der Waals surface area contributed by atoms with E-state index in [0.29, 0.717) is 19.4 Å². The first-order chi connectivity index (χ1) is 15.2. The Hall–Kier alpha value is -2.90. The maximum absolute atomic E-state index is 11.2. The molecule has 0 saturated carbocycles. The van der Waals surface area contributed by atoms with Crippen molar-refractivity contribution in [3.05, 3.63) is 66.2 Å². The Bertz CT molecular complexity index is 1330. The zero-order chi connectivity index (χ0) is 22.6. The summed E-state index contributed by atoms with van der Waals surface area (Å²) >= 11 is 0. The Morgan fingerprint density at radius 2 is 1.75 bits per heavy atom. The second-order valence-corrected chi connectivity index (χ2v) is 10.5. The van der Waals surface area contributed by atoms with Gasteiger partial charge in [0, 0.05) is 17.6 Å². The smallest absolute Gasteiger partial charge is 0.264 e. The van der Waals surface area contributed by atoms with Gasteiger partial charge in [0.1, 0.15) is 11.4 Å². The van der Waals surface area contributed by atoms with Crippen LogP contribution in [-0.4, -0.2) is 37.2 Å². The van der Waals surface area contributed by atoms with Crippen LogP contribution >= 0.6 is 0 Å². The maximum Gasteiger partial charge on any atom is 0.264 e. The minimum Gasteiger partial charge on any atom is -0.459 e. The van der Waals surface area contributed by atoms with Gasteiger partial charge in [-0.2, -0.15) is 8.42 Å². The topological polar surface area (TPSA) is 79.2 Å². The first-order valence-corrected chi connectivity index (χ1v) is 12.4. The molecule has 5 rings (SSSR count). The van der Waals surface area contributed by atoms with Gasteiger partial charge in [-0.15, -0.1) is 0 Å². The summed E-state index contributed by atoms with van der Waals surface area (Å²) in [6, 6.07) is 20.4. The quantitative estimate of drug-likeness (QED) is 0.432. The largest absolute Gasteiger partial charge is 0.459 e. The molecule has 0 radical (unpaired) electrons. The summed E-state index contributed by atoms with van der Waals surface area (Å²) in [7, 11) is -3.97. The van der Waals surface area contributed by atoms with Gasteiger partial charge in [-0.05, 0) is 49.8 Å². The standard InChI is InChI=1S/C25H26N2O4S/c1-24(2)20-11-5-6-12-21(20)27(15-7-8-16-32(28,29)30)25(24)17-26-23-19-10-4-3-9-18(19)13-14-22(23)31-25/h3-6,9-14,17H,7-8,15-16H2,1-2H3,(H,28,29,30).